The second-order valence-electron chi connectivity index (χ2n) is 5.94. The van der Waals surface area contributed by atoms with Gasteiger partial charge in [0, 0.05) is 15.5 Å². The molecule has 0 unspecified atom stereocenters. The Bertz CT molecular complexity index is 911. The van der Waals surface area contributed by atoms with Gasteiger partial charge in [0.15, 0.2) is 0 Å². The predicted octanol–water partition coefficient (Wildman–Crippen LogP) is 5.19. The maximum Gasteiger partial charge on any atom is 0.353 e. The van der Waals surface area contributed by atoms with Gasteiger partial charge in [0.25, 0.3) is 0 Å². The molecule has 0 saturated carbocycles. The van der Waals surface area contributed by atoms with E-state index in [2.05, 4.69) is 15.9 Å². The minimum absolute atomic E-state index is 0.0948. The number of aromatic carboxylic acids is 1. The number of benzene rings is 2. The van der Waals surface area contributed by atoms with Crippen molar-refractivity contribution in [2.45, 2.75) is 26.9 Å². The van der Waals surface area contributed by atoms with E-state index in [4.69, 9.17) is 4.74 Å². The Balaban J connectivity index is 2.21. The first-order chi connectivity index (χ1) is 11.4. The SMILES string of the molecule is Cc1c(C(=O)O)n(-c2ccc(OC(C)C)cc2)c2ccc(Br)cc12. The smallest absolute Gasteiger partial charge is 0.353 e. The molecular formula is C19H18BrNO3. The number of nitrogens with zero attached hydrogens (tertiary/aromatic N) is 1. The minimum Gasteiger partial charge on any atom is -0.491 e. The van der Waals surface area contributed by atoms with E-state index in [0.717, 1.165) is 32.4 Å². The fourth-order valence-corrected chi connectivity index (χ4v) is 3.25. The van der Waals surface area contributed by atoms with E-state index in [1.165, 1.54) is 0 Å². The number of rotatable bonds is 4. The van der Waals surface area contributed by atoms with Crippen molar-refractivity contribution in [1.82, 2.24) is 4.57 Å². The van der Waals surface area contributed by atoms with Crippen LogP contribution in [0.25, 0.3) is 16.6 Å². The van der Waals surface area contributed by atoms with Crippen molar-refractivity contribution in [2.75, 3.05) is 0 Å². The summed E-state index contributed by atoms with van der Waals surface area (Å²) in [7, 11) is 0. The fraction of sp³-hybridized carbons (Fsp3) is 0.211. The van der Waals surface area contributed by atoms with Gasteiger partial charge in [-0.25, -0.2) is 4.79 Å². The van der Waals surface area contributed by atoms with E-state index < -0.39 is 5.97 Å². The van der Waals surface area contributed by atoms with Crippen molar-refractivity contribution in [3.05, 3.63) is 58.2 Å². The van der Waals surface area contributed by atoms with Crippen molar-refractivity contribution in [3.63, 3.8) is 0 Å². The molecule has 24 heavy (non-hydrogen) atoms. The van der Waals surface area contributed by atoms with Crippen molar-refractivity contribution < 1.29 is 14.6 Å². The molecule has 1 aromatic heterocycles. The lowest BCUT2D eigenvalue weighted by Gasteiger charge is -2.12. The van der Waals surface area contributed by atoms with Crippen molar-refractivity contribution in [2.24, 2.45) is 0 Å². The summed E-state index contributed by atoms with van der Waals surface area (Å²) < 4.78 is 8.36. The van der Waals surface area contributed by atoms with Crippen LogP contribution in [0.4, 0.5) is 0 Å². The van der Waals surface area contributed by atoms with Crippen LogP contribution in [0.15, 0.2) is 46.9 Å². The van der Waals surface area contributed by atoms with Gasteiger partial charge in [-0.2, -0.15) is 0 Å². The van der Waals surface area contributed by atoms with Gasteiger partial charge < -0.3 is 14.4 Å². The first-order valence-corrected chi connectivity index (χ1v) is 8.48. The number of carboxylic acids is 1. The molecular weight excluding hydrogens is 370 g/mol. The zero-order valence-corrected chi connectivity index (χ0v) is 15.3. The predicted molar refractivity (Wildman–Crippen MR) is 98.4 cm³/mol. The third-order valence-electron chi connectivity index (χ3n) is 3.85. The summed E-state index contributed by atoms with van der Waals surface area (Å²) in [6.45, 7) is 5.78. The maximum atomic E-state index is 11.8. The highest BCUT2D eigenvalue weighted by Crippen LogP contribution is 2.32. The molecule has 0 radical (unpaired) electrons. The number of carboxylic acid groups (broad SMARTS) is 1. The third-order valence-corrected chi connectivity index (χ3v) is 4.34. The van der Waals surface area contributed by atoms with Gasteiger partial charge in [-0.05, 0) is 68.8 Å². The Hall–Kier alpha value is -2.27. The summed E-state index contributed by atoms with van der Waals surface area (Å²) in [6.07, 6.45) is 0.0948. The quantitative estimate of drug-likeness (QED) is 0.670. The van der Waals surface area contributed by atoms with E-state index in [0.29, 0.717) is 0 Å². The zero-order chi connectivity index (χ0) is 17.4. The van der Waals surface area contributed by atoms with Crippen LogP contribution in [0.5, 0.6) is 5.75 Å². The Kier molecular flexibility index (Phi) is 4.37. The average Bonchev–Trinajstić information content (AvgIpc) is 2.80. The maximum absolute atomic E-state index is 11.8. The van der Waals surface area contributed by atoms with Crippen molar-refractivity contribution >= 4 is 32.8 Å². The second kappa shape index (κ2) is 6.32. The number of aryl methyl sites for hydroxylation is 1. The molecule has 0 atom stereocenters. The molecule has 0 bridgehead atoms. The molecule has 0 fully saturated rings. The molecule has 3 aromatic rings. The van der Waals surface area contributed by atoms with Crippen LogP contribution >= 0.6 is 15.9 Å². The topological polar surface area (TPSA) is 51.5 Å². The van der Waals surface area contributed by atoms with Crippen LogP contribution in [-0.4, -0.2) is 21.7 Å². The van der Waals surface area contributed by atoms with E-state index in [9.17, 15) is 9.90 Å². The van der Waals surface area contributed by atoms with E-state index in [1.807, 2.05) is 63.2 Å². The molecule has 4 nitrogen and oxygen atoms in total. The highest BCUT2D eigenvalue weighted by molar-refractivity contribution is 9.10. The molecule has 2 aromatic carbocycles. The average molecular weight is 388 g/mol. The molecule has 0 aliphatic heterocycles. The Morgan fingerprint density at radius 2 is 1.83 bits per heavy atom. The molecule has 124 valence electrons. The van der Waals surface area contributed by atoms with Crippen LogP contribution in [-0.2, 0) is 0 Å². The molecule has 0 aliphatic rings. The van der Waals surface area contributed by atoms with Gasteiger partial charge in [-0.3, -0.25) is 0 Å². The summed E-state index contributed by atoms with van der Waals surface area (Å²) >= 11 is 3.45. The summed E-state index contributed by atoms with van der Waals surface area (Å²) in [4.78, 5) is 11.8. The third kappa shape index (κ3) is 2.91. The standard InChI is InChI=1S/C19H18BrNO3/c1-11(2)24-15-7-5-14(6-8-15)21-17-9-4-13(20)10-16(17)12(3)18(21)19(22)23/h4-11H,1-3H3,(H,22,23). The van der Waals surface area contributed by atoms with Gasteiger partial charge >= 0.3 is 5.97 Å². The summed E-state index contributed by atoms with van der Waals surface area (Å²) in [5, 5.41) is 10.6. The Morgan fingerprint density at radius 1 is 1.17 bits per heavy atom. The minimum atomic E-state index is -0.942. The van der Waals surface area contributed by atoms with Gasteiger partial charge in [0.1, 0.15) is 11.4 Å². The largest absolute Gasteiger partial charge is 0.491 e. The molecule has 0 spiro atoms. The molecule has 5 heteroatoms. The van der Waals surface area contributed by atoms with E-state index >= 15 is 0 Å². The molecule has 1 N–H and O–H groups in total. The van der Waals surface area contributed by atoms with Crippen molar-refractivity contribution in [1.29, 1.82) is 0 Å². The summed E-state index contributed by atoms with van der Waals surface area (Å²) in [5.74, 6) is -0.177. The number of carbonyl (C=O) groups is 1. The van der Waals surface area contributed by atoms with Gasteiger partial charge in [-0.1, -0.05) is 15.9 Å². The first kappa shape index (κ1) is 16.6. The van der Waals surface area contributed by atoms with Crippen LogP contribution < -0.4 is 4.74 Å². The van der Waals surface area contributed by atoms with Gasteiger partial charge in [-0.15, -0.1) is 0 Å². The number of hydrogen-bond acceptors (Lipinski definition) is 2. The second-order valence-corrected chi connectivity index (χ2v) is 6.85. The number of ether oxygens (including phenoxy) is 1. The lowest BCUT2D eigenvalue weighted by molar-refractivity contribution is 0.0688. The van der Waals surface area contributed by atoms with Crippen LogP contribution in [0.1, 0.15) is 29.9 Å². The van der Waals surface area contributed by atoms with E-state index in [1.54, 1.807) is 4.57 Å². The molecule has 0 aliphatic carbocycles. The number of hydrogen-bond donors (Lipinski definition) is 1. The number of aromatic nitrogens is 1. The van der Waals surface area contributed by atoms with Crippen LogP contribution in [0, 0.1) is 6.92 Å². The van der Waals surface area contributed by atoms with E-state index in [-0.39, 0.29) is 11.8 Å². The number of halogens is 1. The monoisotopic (exact) mass is 387 g/mol. The van der Waals surface area contributed by atoms with Gasteiger partial charge in [0.05, 0.1) is 11.6 Å². The number of fused-ring (bicyclic) bond motifs is 1. The molecule has 0 amide bonds. The Morgan fingerprint density at radius 3 is 2.42 bits per heavy atom. The highest BCUT2D eigenvalue weighted by Gasteiger charge is 2.21. The summed E-state index contributed by atoms with van der Waals surface area (Å²) in [6, 6.07) is 13.3. The lowest BCUT2D eigenvalue weighted by Crippen LogP contribution is -2.08. The summed E-state index contributed by atoms with van der Waals surface area (Å²) in [5.41, 5.74) is 2.69. The first-order valence-electron chi connectivity index (χ1n) is 7.69. The Labute approximate surface area is 148 Å². The normalized spacial score (nSPS) is 11.2. The molecule has 0 saturated heterocycles. The zero-order valence-electron chi connectivity index (χ0n) is 13.7. The fourth-order valence-electron chi connectivity index (χ4n) is 2.89. The van der Waals surface area contributed by atoms with Gasteiger partial charge in [0.2, 0.25) is 0 Å². The van der Waals surface area contributed by atoms with Crippen molar-refractivity contribution in [3.8, 4) is 11.4 Å². The lowest BCUT2D eigenvalue weighted by atomic mass is 10.1. The van der Waals surface area contributed by atoms with Crippen LogP contribution in [0.3, 0.4) is 0 Å². The molecule has 1 heterocycles. The van der Waals surface area contributed by atoms with Crippen LogP contribution in [0.2, 0.25) is 0 Å². The highest BCUT2D eigenvalue weighted by atomic mass is 79.9. The molecule has 3 rings (SSSR count).